The van der Waals surface area contributed by atoms with Gasteiger partial charge in [0.15, 0.2) is 5.78 Å². The molecule has 2 aliphatic heterocycles. The largest absolute Gasteiger partial charge is 0.497 e. The molecule has 3 aromatic rings. The molecule has 208 valence electrons. The van der Waals surface area contributed by atoms with E-state index in [0.717, 1.165) is 42.7 Å². The van der Waals surface area contributed by atoms with E-state index >= 15 is 0 Å². The number of nitrogens with zero attached hydrogens (tertiary/aromatic N) is 5. The van der Waals surface area contributed by atoms with Crippen LogP contribution in [-0.2, 0) is 17.8 Å². The van der Waals surface area contributed by atoms with Gasteiger partial charge in [-0.25, -0.2) is 9.78 Å². The van der Waals surface area contributed by atoms with Crippen LogP contribution in [0.4, 0.5) is 27.9 Å². The minimum Gasteiger partial charge on any atom is -0.497 e. The highest BCUT2D eigenvalue weighted by Gasteiger charge is 2.38. The molecule has 1 saturated heterocycles. The first kappa shape index (κ1) is 27.1. The summed E-state index contributed by atoms with van der Waals surface area (Å²) in [7, 11) is 5.27. The zero-order valence-electron chi connectivity index (χ0n) is 23.1. The van der Waals surface area contributed by atoms with Crippen LogP contribution in [0, 0.1) is 0 Å². The Hall–Kier alpha value is -4.44. The van der Waals surface area contributed by atoms with Crippen molar-refractivity contribution < 1.29 is 19.1 Å². The van der Waals surface area contributed by atoms with Crippen molar-refractivity contribution in [2.75, 3.05) is 49.5 Å². The Bertz CT molecular complexity index is 1400. The molecular formula is C30H34N6O4. The van der Waals surface area contributed by atoms with Crippen LogP contribution in [0.3, 0.4) is 0 Å². The van der Waals surface area contributed by atoms with Gasteiger partial charge in [0.05, 0.1) is 26.5 Å². The van der Waals surface area contributed by atoms with Gasteiger partial charge in [0.25, 0.3) is 0 Å². The minimum atomic E-state index is -0.154. The van der Waals surface area contributed by atoms with Crippen molar-refractivity contribution in [1.82, 2.24) is 14.9 Å². The number of ketones is 1. The molecule has 2 aromatic carbocycles. The fraction of sp³-hybridized carbons (Fsp3) is 0.333. The Labute approximate surface area is 234 Å². The number of carbonyl (C=O) groups is 2. The fourth-order valence-corrected chi connectivity index (χ4v) is 5.15. The number of hydrogen-bond acceptors (Lipinski definition) is 8. The number of aromatic nitrogens is 2. The van der Waals surface area contributed by atoms with E-state index in [-0.39, 0.29) is 24.3 Å². The Morgan fingerprint density at radius 1 is 1.12 bits per heavy atom. The summed E-state index contributed by atoms with van der Waals surface area (Å²) >= 11 is 0. The third kappa shape index (κ3) is 5.62. The van der Waals surface area contributed by atoms with Gasteiger partial charge in [-0.1, -0.05) is 24.8 Å². The average Bonchev–Trinajstić information content (AvgIpc) is 2.98. The van der Waals surface area contributed by atoms with Gasteiger partial charge in [-0.3, -0.25) is 14.6 Å². The van der Waals surface area contributed by atoms with Crippen LogP contribution >= 0.6 is 0 Å². The number of para-hydroxylation sites is 1. The predicted octanol–water partition coefficient (Wildman–Crippen LogP) is 4.58. The molecule has 0 radical (unpaired) electrons. The first-order valence-electron chi connectivity index (χ1n) is 13.3. The highest BCUT2D eigenvalue weighted by Crippen LogP contribution is 2.37. The Morgan fingerprint density at radius 2 is 1.82 bits per heavy atom. The Kier molecular flexibility index (Phi) is 7.97. The van der Waals surface area contributed by atoms with Crippen LogP contribution in [0.5, 0.6) is 11.5 Å². The molecule has 0 atom stereocenters. The van der Waals surface area contributed by atoms with Gasteiger partial charge in [-0.2, -0.15) is 4.98 Å². The highest BCUT2D eigenvalue weighted by molar-refractivity contribution is 6.06. The molecule has 3 heterocycles. The topological polar surface area (TPSA) is 100 Å². The van der Waals surface area contributed by atoms with Gasteiger partial charge >= 0.3 is 6.03 Å². The summed E-state index contributed by atoms with van der Waals surface area (Å²) in [5, 5.41) is 3.27. The molecule has 0 bridgehead atoms. The van der Waals surface area contributed by atoms with Gasteiger partial charge in [0.1, 0.15) is 17.3 Å². The molecular weight excluding hydrogens is 508 g/mol. The zero-order valence-corrected chi connectivity index (χ0v) is 23.1. The second-order valence-corrected chi connectivity index (χ2v) is 10.0. The van der Waals surface area contributed by atoms with E-state index < -0.39 is 0 Å². The van der Waals surface area contributed by atoms with Crippen LogP contribution in [-0.4, -0.2) is 67.1 Å². The molecule has 0 saturated carbocycles. The van der Waals surface area contributed by atoms with Crippen molar-refractivity contribution in [2.24, 2.45) is 0 Å². The summed E-state index contributed by atoms with van der Waals surface area (Å²) in [6.45, 7) is 5.65. The number of nitrogens with one attached hydrogen (secondary N) is 1. The summed E-state index contributed by atoms with van der Waals surface area (Å²) in [5.74, 6) is 2.09. The smallest absolute Gasteiger partial charge is 0.330 e. The lowest BCUT2D eigenvalue weighted by Crippen LogP contribution is -2.55. The molecule has 5 rings (SSSR count). The summed E-state index contributed by atoms with van der Waals surface area (Å²) in [6, 6.07) is 12.8. The second kappa shape index (κ2) is 11.7. The molecule has 0 aliphatic carbocycles. The van der Waals surface area contributed by atoms with E-state index in [0.29, 0.717) is 35.5 Å². The molecule has 2 aliphatic rings. The number of likely N-dealkylation sites (tertiary alicyclic amines) is 1. The molecule has 0 unspecified atom stereocenters. The number of urea groups is 1. The van der Waals surface area contributed by atoms with Crippen LogP contribution in [0.25, 0.3) is 0 Å². The first-order valence-corrected chi connectivity index (χ1v) is 13.3. The SMILES string of the molecule is C=CC(=O)Cc1ccccc1Nc1ncc2c(n1)N(C1CCN(C)CC1)C(=O)N(c1cc(OC)cc(OC)c1)C2. The van der Waals surface area contributed by atoms with Crippen LogP contribution in [0.15, 0.2) is 61.3 Å². The number of anilines is 4. The van der Waals surface area contributed by atoms with Crippen LogP contribution in [0.2, 0.25) is 0 Å². The first-order chi connectivity index (χ1) is 19.4. The van der Waals surface area contributed by atoms with E-state index in [1.165, 1.54) is 6.08 Å². The molecule has 1 N–H and O–H groups in total. The Balaban J connectivity index is 1.52. The van der Waals surface area contributed by atoms with Gasteiger partial charge < -0.3 is 19.7 Å². The van der Waals surface area contributed by atoms with Crippen molar-refractivity contribution in [1.29, 1.82) is 0 Å². The average molecular weight is 543 g/mol. The van der Waals surface area contributed by atoms with Crippen molar-refractivity contribution in [3.8, 4) is 11.5 Å². The number of ether oxygens (including phenoxy) is 2. The summed E-state index contributed by atoms with van der Waals surface area (Å²) in [4.78, 5) is 41.5. The molecule has 10 nitrogen and oxygen atoms in total. The maximum atomic E-state index is 14.2. The monoisotopic (exact) mass is 542 g/mol. The fourth-order valence-electron chi connectivity index (χ4n) is 5.15. The Morgan fingerprint density at radius 3 is 2.50 bits per heavy atom. The molecule has 40 heavy (non-hydrogen) atoms. The number of methoxy groups -OCH3 is 2. The van der Waals surface area contributed by atoms with E-state index in [9.17, 15) is 9.59 Å². The minimum absolute atomic E-state index is 0.0157. The van der Waals surface area contributed by atoms with Gasteiger partial charge in [-0.15, -0.1) is 0 Å². The summed E-state index contributed by atoms with van der Waals surface area (Å²) in [5.41, 5.74) is 3.06. The molecule has 10 heteroatoms. The second-order valence-electron chi connectivity index (χ2n) is 10.0. The third-order valence-electron chi connectivity index (χ3n) is 7.39. The number of allylic oxidation sites excluding steroid dienone is 1. The number of fused-ring (bicyclic) bond motifs is 1. The highest BCUT2D eigenvalue weighted by atomic mass is 16.5. The molecule has 1 aromatic heterocycles. The van der Waals surface area contributed by atoms with Crippen molar-refractivity contribution in [2.45, 2.75) is 31.8 Å². The number of carbonyl (C=O) groups excluding carboxylic acids is 2. The summed E-state index contributed by atoms with van der Waals surface area (Å²) in [6.07, 6.45) is 4.96. The van der Waals surface area contributed by atoms with Crippen molar-refractivity contribution in [3.63, 3.8) is 0 Å². The number of piperidine rings is 1. The third-order valence-corrected chi connectivity index (χ3v) is 7.39. The quantitative estimate of drug-likeness (QED) is 0.393. The zero-order chi connectivity index (χ0) is 28.2. The van der Waals surface area contributed by atoms with Crippen LogP contribution in [0.1, 0.15) is 24.0 Å². The van der Waals surface area contributed by atoms with Crippen molar-refractivity contribution >= 4 is 35.0 Å². The van der Waals surface area contributed by atoms with Gasteiger partial charge in [0, 0.05) is 48.1 Å². The molecule has 2 amide bonds. The predicted molar refractivity (Wildman–Crippen MR) is 155 cm³/mol. The van der Waals surface area contributed by atoms with E-state index in [4.69, 9.17) is 14.5 Å². The lowest BCUT2D eigenvalue weighted by molar-refractivity contribution is -0.114. The number of benzene rings is 2. The number of rotatable bonds is 9. The van der Waals surface area contributed by atoms with Crippen molar-refractivity contribution in [3.05, 3.63) is 72.4 Å². The van der Waals surface area contributed by atoms with E-state index in [2.05, 4.69) is 28.8 Å². The van der Waals surface area contributed by atoms with Gasteiger partial charge in [-0.05, 0) is 50.7 Å². The molecule has 1 fully saturated rings. The number of hydrogen-bond donors (Lipinski definition) is 1. The lowest BCUT2D eigenvalue weighted by Gasteiger charge is -2.42. The number of amides is 2. The lowest BCUT2D eigenvalue weighted by atomic mass is 10.0. The van der Waals surface area contributed by atoms with Gasteiger partial charge in [0.2, 0.25) is 5.95 Å². The van der Waals surface area contributed by atoms with E-state index in [1.54, 1.807) is 31.4 Å². The van der Waals surface area contributed by atoms with E-state index in [1.807, 2.05) is 41.3 Å². The summed E-state index contributed by atoms with van der Waals surface area (Å²) < 4.78 is 10.9. The molecule has 0 spiro atoms. The maximum Gasteiger partial charge on any atom is 0.330 e. The normalized spacial score (nSPS) is 15.9. The van der Waals surface area contributed by atoms with Crippen LogP contribution < -0.4 is 24.6 Å². The standard InChI is InChI=1S/C30H34N6O4/c1-5-24(37)14-20-8-6-7-9-27(20)32-29-31-18-21-19-35(23-15-25(39-3)17-26(16-23)40-4)30(38)36(28(21)33-29)22-10-12-34(2)13-11-22/h5-9,15-18,22H,1,10-14,19H2,2-4H3,(H,31,32,33). The maximum absolute atomic E-state index is 14.2.